The predicted octanol–water partition coefficient (Wildman–Crippen LogP) is 5.30. The first-order chi connectivity index (χ1) is 19.6. The SMILES string of the molecule is CS(=O)(=O)NCC(O)CCOc1ccc([C@H]2c3[nH]c4ccc(Cl)cc4c3CCN2C(=O)Oc2ccc(Cl)cc2)cc1. The van der Waals surface area contributed by atoms with Crippen molar-refractivity contribution in [2.45, 2.75) is 25.0 Å². The second kappa shape index (κ2) is 12.3. The summed E-state index contributed by atoms with van der Waals surface area (Å²) in [6.07, 6.45) is 0.547. The molecule has 1 unspecified atom stereocenters. The van der Waals surface area contributed by atoms with Gasteiger partial charge in [-0.1, -0.05) is 35.3 Å². The third kappa shape index (κ3) is 7.14. The molecule has 0 aliphatic carbocycles. The summed E-state index contributed by atoms with van der Waals surface area (Å²) in [5.41, 5.74) is 3.76. The zero-order valence-electron chi connectivity index (χ0n) is 22.1. The van der Waals surface area contributed by atoms with E-state index in [0.29, 0.717) is 34.5 Å². The summed E-state index contributed by atoms with van der Waals surface area (Å²) in [6.45, 7) is 0.547. The van der Waals surface area contributed by atoms with Gasteiger partial charge in [0.25, 0.3) is 0 Å². The van der Waals surface area contributed by atoms with Crippen molar-refractivity contribution in [3.63, 3.8) is 0 Å². The Balaban J connectivity index is 1.37. The summed E-state index contributed by atoms with van der Waals surface area (Å²) in [4.78, 5) is 18.6. The van der Waals surface area contributed by atoms with Crippen molar-refractivity contribution in [2.75, 3.05) is 26.0 Å². The molecular weight excluding hydrogens is 589 g/mol. The van der Waals surface area contributed by atoms with Gasteiger partial charge in [0.15, 0.2) is 0 Å². The zero-order valence-corrected chi connectivity index (χ0v) is 24.5. The van der Waals surface area contributed by atoms with Gasteiger partial charge >= 0.3 is 6.09 Å². The number of benzene rings is 3. The molecule has 9 nitrogen and oxygen atoms in total. The quantitative estimate of drug-likeness (QED) is 0.234. The van der Waals surface area contributed by atoms with Gasteiger partial charge in [-0.2, -0.15) is 0 Å². The van der Waals surface area contributed by atoms with E-state index in [1.165, 1.54) is 0 Å². The largest absolute Gasteiger partial charge is 0.493 e. The monoisotopic (exact) mass is 617 g/mol. The van der Waals surface area contributed by atoms with Crippen LogP contribution in [0, 0.1) is 0 Å². The van der Waals surface area contributed by atoms with Crippen LogP contribution in [0.15, 0.2) is 66.7 Å². The summed E-state index contributed by atoms with van der Waals surface area (Å²) in [6, 6.07) is 19.2. The van der Waals surface area contributed by atoms with Crippen molar-refractivity contribution in [3.05, 3.63) is 93.6 Å². The van der Waals surface area contributed by atoms with Gasteiger partial charge < -0.3 is 19.6 Å². The first kappa shape index (κ1) is 29.2. The fourth-order valence-electron chi connectivity index (χ4n) is 4.87. The number of aliphatic hydroxyl groups is 1. The number of aromatic amines is 1. The normalized spacial score (nSPS) is 15.9. The number of nitrogens with one attached hydrogen (secondary N) is 2. The molecule has 3 N–H and O–H groups in total. The third-order valence-electron chi connectivity index (χ3n) is 6.84. The molecule has 1 aliphatic rings. The summed E-state index contributed by atoms with van der Waals surface area (Å²) >= 11 is 12.3. The molecule has 0 saturated heterocycles. The number of aliphatic hydroxyl groups excluding tert-OH is 1. The lowest BCUT2D eigenvalue weighted by Crippen LogP contribution is -2.42. The number of halogens is 2. The van der Waals surface area contributed by atoms with Crippen LogP contribution in [0.1, 0.15) is 29.3 Å². The number of amides is 1. The van der Waals surface area contributed by atoms with Crippen molar-refractivity contribution in [1.29, 1.82) is 0 Å². The number of ether oxygens (including phenoxy) is 2. The molecule has 3 aromatic carbocycles. The Morgan fingerprint density at radius 2 is 1.76 bits per heavy atom. The van der Waals surface area contributed by atoms with Gasteiger partial charge in [-0.05, 0) is 72.1 Å². The topological polar surface area (TPSA) is 121 Å². The second-order valence-corrected chi connectivity index (χ2v) is 12.6. The van der Waals surface area contributed by atoms with Crippen molar-refractivity contribution >= 4 is 50.2 Å². The van der Waals surface area contributed by atoms with Crippen LogP contribution in [0.2, 0.25) is 10.0 Å². The first-order valence-electron chi connectivity index (χ1n) is 13.0. The van der Waals surface area contributed by atoms with Gasteiger partial charge in [-0.3, -0.25) is 4.90 Å². The first-order valence-corrected chi connectivity index (χ1v) is 15.6. The van der Waals surface area contributed by atoms with Gasteiger partial charge in [0.1, 0.15) is 17.5 Å². The Hall–Kier alpha value is -3.28. The van der Waals surface area contributed by atoms with Crippen LogP contribution >= 0.6 is 23.2 Å². The molecule has 41 heavy (non-hydrogen) atoms. The maximum atomic E-state index is 13.4. The zero-order chi connectivity index (χ0) is 29.1. The maximum Gasteiger partial charge on any atom is 0.416 e. The minimum Gasteiger partial charge on any atom is -0.493 e. The van der Waals surface area contributed by atoms with E-state index in [4.69, 9.17) is 32.7 Å². The van der Waals surface area contributed by atoms with Crippen LogP contribution in [-0.4, -0.2) is 61.6 Å². The lowest BCUT2D eigenvalue weighted by Gasteiger charge is -2.35. The highest BCUT2D eigenvalue weighted by Gasteiger charge is 2.35. The van der Waals surface area contributed by atoms with E-state index in [1.54, 1.807) is 41.3 Å². The number of aromatic nitrogens is 1. The number of sulfonamides is 1. The van der Waals surface area contributed by atoms with Gasteiger partial charge in [-0.15, -0.1) is 0 Å². The minimum atomic E-state index is -3.38. The van der Waals surface area contributed by atoms with E-state index >= 15 is 0 Å². The number of carbonyl (C=O) groups excluding carboxylic acids is 1. The van der Waals surface area contributed by atoms with Gasteiger partial charge in [0.2, 0.25) is 10.0 Å². The minimum absolute atomic E-state index is 0.0805. The molecule has 1 amide bonds. The van der Waals surface area contributed by atoms with Gasteiger partial charge in [-0.25, -0.2) is 17.9 Å². The van der Waals surface area contributed by atoms with Crippen molar-refractivity contribution in [1.82, 2.24) is 14.6 Å². The highest BCUT2D eigenvalue weighted by molar-refractivity contribution is 7.88. The molecule has 1 aliphatic heterocycles. The predicted molar refractivity (Wildman–Crippen MR) is 158 cm³/mol. The molecule has 0 saturated carbocycles. The Morgan fingerprint density at radius 3 is 2.46 bits per heavy atom. The number of nitrogens with zero attached hydrogens (tertiary/aromatic N) is 1. The van der Waals surface area contributed by atoms with Crippen molar-refractivity contribution < 1.29 is 27.8 Å². The molecule has 5 rings (SSSR count). The molecule has 0 bridgehead atoms. The molecule has 0 fully saturated rings. The number of hydrogen-bond acceptors (Lipinski definition) is 6. The molecule has 4 aromatic rings. The molecule has 2 heterocycles. The van der Waals surface area contributed by atoms with E-state index in [9.17, 15) is 18.3 Å². The van der Waals surface area contributed by atoms with E-state index in [-0.39, 0.29) is 19.6 Å². The Labute approximate surface area is 248 Å². The molecule has 0 radical (unpaired) electrons. The Morgan fingerprint density at radius 1 is 1.07 bits per heavy atom. The number of carbonyl (C=O) groups is 1. The van der Waals surface area contributed by atoms with Gasteiger partial charge in [0.05, 0.1) is 19.0 Å². The fraction of sp³-hybridized carbons (Fsp3) is 0.276. The molecule has 2 atom stereocenters. The second-order valence-electron chi connectivity index (χ2n) is 9.86. The van der Waals surface area contributed by atoms with Crippen LogP contribution in [0.4, 0.5) is 4.79 Å². The summed E-state index contributed by atoms with van der Waals surface area (Å²) in [7, 11) is -3.38. The molecule has 216 valence electrons. The van der Waals surface area contributed by atoms with E-state index in [0.717, 1.165) is 34.0 Å². The van der Waals surface area contributed by atoms with E-state index in [2.05, 4.69) is 9.71 Å². The van der Waals surface area contributed by atoms with Crippen LogP contribution in [0.3, 0.4) is 0 Å². The number of rotatable bonds is 9. The van der Waals surface area contributed by atoms with E-state index < -0.39 is 28.3 Å². The lowest BCUT2D eigenvalue weighted by molar-refractivity contribution is 0.135. The molecule has 12 heteroatoms. The highest BCUT2D eigenvalue weighted by Crippen LogP contribution is 2.40. The fourth-order valence-corrected chi connectivity index (χ4v) is 5.67. The molecule has 0 spiro atoms. The van der Waals surface area contributed by atoms with Crippen LogP contribution in [0.25, 0.3) is 10.9 Å². The van der Waals surface area contributed by atoms with E-state index in [1.807, 2.05) is 30.3 Å². The number of H-pyrrole nitrogens is 1. The van der Waals surface area contributed by atoms with Crippen LogP contribution in [0.5, 0.6) is 11.5 Å². The Kier molecular flexibility index (Phi) is 8.77. The third-order valence-corrected chi connectivity index (χ3v) is 8.02. The number of hydrogen-bond donors (Lipinski definition) is 3. The van der Waals surface area contributed by atoms with Crippen LogP contribution < -0.4 is 14.2 Å². The number of fused-ring (bicyclic) bond motifs is 3. The summed E-state index contributed by atoms with van der Waals surface area (Å²) in [5, 5.41) is 12.2. The average Bonchev–Trinajstić information content (AvgIpc) is 3.30. The van der Waals surface area contributed by atoms with Crippen molar-refractivity contribution in [2.24, 2.45) is 0 Å². The van der Waals surface area contributed by atoms with Crippen molar-refractivity contribution in [3.8, 4) is 11.5 Å². The lowest BCUT2D eigenvalue weighted by atomic mass is 9.92. The molecule has 1 aromatic heterocycles. The Bertz CT molecular complexity index is 1640. The highest BCUT2D eigenvalue weighted by atomic mass is 35.5. The standard InChI is InChI=1S/C29H29Cl2N3O6S/c1-41(37,38)32-17-21(35)13-15-39-22-7-2-18(3-8-22)28-27-24(25-16-20(31)6-11-26(25)33-27)12-14-34(28)29(36)40-23-9-4-19(30)5-10-23/h2-11,16,21,28,32-33,35H,12-15,17H2,1H3/t21?,28-/m0/s1. The summed E-state index contributed by atoms with van der Waals surface area (Å²) in [5.74, 6) is 0.969. The van der Waals surface area contributed by atoms with Gasteiger partial charge in [0, 0.05) is 46.2 Å². The summed E-state index contributed by atoms with van der Waals surface area (Å²) < 4.78 is 36.2. The van der Waals surface area contributed by atoms with Crippen LogP contribution in [-0.2, 0) is 16.4 Å². The smallest absolute Gasteiger partial charge is 0.416 e. The maximum absolute atomic E-state index is 13.4. The molecular formula is C29H29Cl2N3O6S. The average molecular weight is 619 g/mol.